The molecule has 1 N–H and O–H groups in total. The largest absolute Gasteiger partial charge is 0.444 e. The van der Waals surface area contributed by atoms with Crippen LogP contribution < -0.4 is 5.32 Å². The summed E-state index contributed by atoms with van der Waals surface area (Å²) in [6.45, 7) is 15.5. The first kappa shape index (κ1) is 47.1. The fourth-order valence-electron chi connectivity index (χ4n) is 11.4. The van der Waals surface area contributed by atoms with E-state index < -0.39 is 5.60 Å². The molecule has 5 aromatic carbocycles. The fourth-order valence-corrected chi connectivity index (χ4v) is 11.4. The van der Waals surface area contributed by atoms with Crippen molar-refractivity contribution in [3.63, 3.8) is 0 Å². The van der Waals surface area contributed by atoms with Crippen LogP contribution in [0, 0.1) is 0 Å². The topological polar surface area (TPSA) is 99.0 Å². The van der Waals surface area contributed by atoms with Gasteiger partial charge < -0.3 is 15.0 Å². The van der Waals surface area contributed by atoms with Crippen LogP contribution in [-0.4, -0.2) is 92.2 Å². The number of ether oxygens (including phenoxy) is 1. The molecular formula is C61H66N6O3. The number of benzene rings is 5. The minimum Gasteiger partial charge on any atom is -0.444 e. The Kier molecular flexibility index (Phi) is 14.3. The Labute approximate surface area is 414 Å². The van der Waals surface area contributed by atoms with E-state index in [1.807, 2.05) is 62.4 Å². The molecule has 1 amide bonds. The maximum Gasteiger partial charge on any atom is 0.410 e. The predicted octanol–water partition coefficient (Wildman–Crippen LogP) is 10.9. The normalized spacial score (nSPS) is 20.7. The maximum absolute atomic E-state index is 12.1. The van der Waals surface area contributed by atoms with E-state index in [2.05, 4.69) is 122 Å². The number of rotatable bonds is 6. The number of carbonyl (C=O) groups excluding carboxylic acids is 2. The van der Waals surface area contributed by atoms with Crippen LogP contribution in [0.4, 0.5) is 4.79 Å². The average molecular weight is 931 g/mol. The van der Waals surface area contributed by atoms with Gasteiger partial charge in [0.1, 0.15) is 11.9 Å². The molecule has 358 valence electrons. The molecule has 0 radical (unpaired) electrons. The van der Waals surface area contributed by atoms with Crippen molar-refractivity contribution < 1.29 is 14.3 Å². The molecule has 9 nitrogen and oxygen atoms in total. The van der Waals surface area contributed by atoms with E-state index in [0.29, 0.717) is 17.8 Å². The quantitative estimate of drug-likeness (QED) is 0.171. The van der Waals surface area contributed by atoms with Gasteiger partial charge in [-0.2, -0.15) is 0 Å². The van der Waals surface area contributed by atoms with E-state index in [4.69, 9.17) is 4.74 Å². The highest BCUT2D eigenvalue weighted by Gasteiger charge is 2.33. The third-order valence-electron chi connectivity index (χ3n) is 15.0. The fraction of sp³-hybridized carbons (Fsp3) is 0.361. The Hall–Kier alpha value is -6.55. The lowest BCUT2D eigenvalue weighted by Gasteiger charge is -2.24. The SMILES string of the molecule is C1=NCc2cccc(C3CCN(CC4=CCc5ccccc54)C3)c21.C1=NCc2cccc(C3CCNC3)c21.CC(C)(C)OC(=O)N1CCC(c2cccc3c2C=NC3)C1.O=CC1=CCc2ccccc21. The number of amides is 1. The van der Waals surface area contributed by atoms with Crippen LogP contribution in [0.25, 0.3) is 11.1 Å². The summed E-state index contributed by atoms with van der Waals surface area (Å²) < 4.78 is 5.46. The number of aldehydes is 1. The summed E-state index contributed by atoms with van der Waals surface area (Å²) in [6, 6.07) is 36.6. The molecule has 5 aromatic rings. The Bertz CT molecular complexity index is 2900. The van der Waals surface area contributed by atoms with E-state index in [1.165, 1.54) is 98.3 Å². The van der Waals surface area contributed by atoms with Crippen LogP contribution >= 0.6 is 0 Å². The summed E-state index contributed by atoms with van der Waals surface area (Å²) in [5, 5.41) is 3.42. The minimum absolute atomic E-state index is 0.203. The molecule has 0 bridgehead atoms. The molecule has 0 aromatic heterocycles. The molecule has 6 heterocycles. The molecule has 70 heavy (non-hydrogen) atoms. The second kappa shape index (κ2) is 21.2. The van der Waals surface area contributed by atoms with Crippen molar-refractivity contribution in [2.75, 3.05) is 45.8 Å². The number of likely N-dealkylation sites (tertiary alicyclic amines) is 2. The number of aliphatic imine (C=N–C) groups is 3. The van der Waals surface area contributed by atoms with Gasteiger partial charge in [0.2, 0.25) is 0 Å². The van der Waals surface area contributed by atoms with Crippen LogP contribution in [-0.2, 0) is 42.0 Å². The van der Waals surface area contributed by atoms with E-state index in [-0.39, 0.29) is 6.09 Å². The Morgan fingerprint density at radius 2 is 1.16 bits per heavy atom. The molecule has 8 aliphatic rings. The first-order valence-electron chi connectivity index (χ1n) is 25.5. The lowest BCUT2D eigenvalue weighted by molar-refractivity contribution is -0.103. The van der Waals surface area contributed by atoms with E-state index in [1.54, 1.807) is 0 Å². The van der Waals surface area contributed by atoms with Crippen LogP contribution in [0.15, 0.2) is 130 Å². The number of fused-ring (bicyclic) bond motifs is 5. The molecule has 0 saturated carbocycles. The van der Waals surface area contributed by atoms with Crippen molar-refractivity contribution in [2.24, 2.45) is 15.0 Å². The number of hydrogen-bond acceptors (Lipinski definition) is 8. The predicted molar refractivity (Wildman–Crippen MR) is 285 cm³/mol. The van der Waals surface area contributed by atoms with E-state index >= 15 is 0 Å². The van der Waals surface area contributed by atoms with Gasteiger partial charge in [0.15, 0.2) is 0 Å². The van der Waals surface area contributed by atoms with Crippen molar-refractivity contribution in [3.8, 4) is 0 Å². The monoisotopic (exact) mass is 931 g/mol. The number of hydrogen-bond donors (Lipinski definition) is 1. The van der Waals surface area contributed by atoms with Crippen molar-refractivity contribution in [2.45, 2.75) is 95.9 Å². The molecule has 3 atom stereocenters. The molecule has 3 fully saturated rings. The molecule has 6 aliphatic heterocycles. The second-order valence-corrected chi connectivity index (χ2v) is 20.7. The van der Waals surface area contributed by atoms with Gasteiger partial charge in [-0.3, -0.25) is 24.7 Å². The molecule has 2 aliphatic carbocycles. The van der Waals surface area contributed by atoms with Crippen molar-refractivity contribution in [1.82, 2.24) is 15.1 Å². The number of nitrogens with one attached hydrogen (secondary N) is 1. The van der Waals surface area contributed by atoms with Gasteiger partial charge in [0.25, 0.3) is 0 Å². The summed E-state index contributed by atoms with van der Waals surface area (Å²) in [5.41, 5.74) is 19.7. The summed E-state index contributed by atoms with van der Waals surface area (Å²) in [7, 11) is 0. The molecule has 13 rings (SSSR count). The summed E-state index contributed by atoms with van der Waals surface area (Å²) in [5.74, 6) is 1.74. The van der Waals surface area contributed by atoms with Gasteiger partial charge in [-0.25, -0.2) is 4.79 Å². The highest BCUT2D eigenvalue weighted by molar-refractivity contribution is 6.09. The summed E-state index contributed by atoms with van der Waals surface area (Å²) >= 11 is 0. The van der Waals surface area contributed by atoms with Crippen LogP contribution in [0.1, 0.15) is 130 Å². The highest BCUT2D eigenvalue weighted by atomic mass is 16.6. The van der Waals surface area contributed by atoms with Crippen molar-refractivity contribution in [1.29, 1.82) is 0 Å². The molecule has 3 saturated heterocycles. The Morgan fingerprint density at radius 1 is 0.629 bits per heavy atom. The van der Waals surface area contributed by atoms with Gasteiger partial charge in [0.05, 0.1) is 19.6 Å². The summed E-state index contributed by atoms with van der Waals surface area (Å²) in [6.07, 6.45) is 16.7. The van der Waals surface area contributed by atoms with Gasteiger partial charge in [-0.1, -0.05) is 115 Å². The van der Waals surface area contributed by atoms with Crippen LogP contribution in [0.5, 0.6) is 0 Å². The van der Waals surface area contributed by atoms with Crippen LogP contribution in [0.2, 0.25) is 0 Å². The third-order valence-corrected chi connectivity index (χ3v) is 15.0. The Morgan fingerprint density at radius 3 is 1.74 bits per heavy atom. The van der Waals surface area contributed by atoms with Gasteiger partial charge in [-0.15, -0.1) is 0 Å². The smallest absolute Gasteiger partial charge is 0.410 e. The zero-order chi connectivity index (χ0) is 48.0. The second-order valence-electron chi connectivity index (χ2n) is 20.7. The maximum atomic E-state index is 12.1. The number of allylic oxidation sites excluding steroid dienone is 3. The van der Waals surface area contributed by atoms with Gasteiger partial charge in [-0.05, 0) is 139 Å². The number of carbonyl (C=O) groups is 2. The lowest BCUT2D eigenvalue weighted by Crippen LogP contribution is -2.35. The zero-order valence-electron chi connectivity index (χ0n) is 41.1. The average Bonchev–Trinajstić information content (AvgIpc) is 4.22. The van der Waals surface area contributed by atoms with Gasteiger partial charge >= 0.3 is 6.09 Å². The standard InChI is InChI=1S/C22H22N2.C17H22N2O2.C12H14N2.C10H8O/c1-2-6-20-16(4-1)8-9-18(20)14-24-11-10-19(15-24)21-7-3-5-17-12-23-13-22(17)21;1-17(2,3)21-16(20)19-8-7-13(11-19)14-6-4-5-12-9-18-10-15(12)14;1-2-9-7-14-8-12(9)11(3-1)10-4-5-13-6-10;11-7-9-6-5-8-3-1-2-4-10(8)9/h1-7,9,13,19H,8,10-12,14-15H2;4-6,10,13H,7-9,11H2,1-3H3;1-3,8,10,13H,4-7H2;1-4,6-7H,5H2. The Balaban J connectivity index is 0.000000113. The van der Waals surface area contributed by atoms with Crippen LogP contribution in [0.3, 0.4) is 0 Å². The zero-order valence-corrected chi connectivity index (χ0v) is 41.1. The van der Waals surface area contributed by atoms with E-state index in [0.717, 1.165) is 89.0 Å². The molecule has 3 unspecified atom stereocenters. The molecule has 9 heteroatoms. The highest BCUT2D eigenvalue weighted by Crippen LogP contribution is 2.36. The number of nitrogens with zero attached hydrogens (tertiary/aromatic N) is 5. The lowest BCUT2D eigenvalue weighted by atomic mass is 9.92. The molecule has 0 spiro atoms. The first-order chi connectivity index (χ1) is 34.2. The van der Waals surface area contributed by atoms with Crippen molar-refractivity contribution >= 4 is 42.2 Å². The van der Waals surface area contributed by atoms with Gasteiger partial charge in [0, 0.05) is 79.5 Å². The minimum atomic E-state index is -0.435. The molecular weight excluding hydrogens is 865 g/mol. The van der Waals surface area contributed by atoms with E-state index in [9.17, 15) is 9.59 Å². The first-order valence-corrected chi connectivity index (χ1v) is 25.5. The summed E-state index contributed by atoms with van der Waals surface area (Å²) in [4.78, 5) is 40.3. The van der Waals surface area contributed by atoms with Crippen molar-refractivity contribution in [3.05, 3.63) is 188 Å². The third kappa shape index (κ3) is 10.6.